The number of piperidine rings is 1. The number of fused-ring (bicyclic) bond motifs is 2. The average Bonchev–Trinajstić information content (AvgIpc) is 3.11. The highest BCUT2D eigenvalue weighted by Gasteiger charge is 2.47. The van der Waals surface area contributed by atoms with Crippen LogP contribution in [0.2, 0.25) is 0 Å². The molecule has 3 aliphatic rings. The minimum atomic E-state index is -5.41. The molecule has 3 fully saturated rings. The van der Waals surface area contributed by atoms with Crippen LogP contribution < -0.4 is 5.32 Å². The van der Waals surface area contributed by atoms with E-state index in [1.165, 1.54) is 6.20 Å². The summed E-state index contributed by atoms with van der Waals surface area (Å²) >= 11 is 0.598. The Hall–Kier alpha value is -2.70. The molecular weight excluding hydrogens is 568 g/mol. The van der Waals surface area contributed by atoms with Crippen LogP contribution in [0.1, 0.15) is 47.2 Å². The van der Waals surface area contributed by atoms with Crippen molar-refractivity contribution < 1.29 is 35.9 Å². The van der Waals surface area contributed by atoms with Crippen molar-refractivity contribution in [1.82, 2.24) is 9.80 Å². The van der Waals surface area contributed by atoms with Gasteiger partial charge in [-0.1, -0.05) is 17.8 Å². The maximum atomic E-state index is 14.3. The summed E-state index contributed by atoms with van der Waals surface area (Å²) < 4.78 is 90.7. The van der Waals surface area contributed by atoms with Gasteiger partial charge in [0.2, 0.25) is 0 Å². The van der Waals surface area contributed by atoms with Crippen LogP contribution in [-0.2, 0) is 17.1 Å². The van der Waals surface area contributed by atoms with Gasteiger partial charge in [0, 0.05) is 64.5 Å². The lowest BCUT2D eigenvalue weighted by Crippen LogP contribution is -2.44. The number of alkyl halides is 6. The molecule has 1 N–H and O–H groups in total. The maximum absolute atomic E-state index is 14.3. The van der Waals surface area contributed by atoms with E-state index in [0.717, 1.165) is 43.9 Å². The van der Waals surface area contributed by atoms with Crippen LogP contribution in [0.25, 0.3) is 0 Å². The first-order chi connectivity index (χ1) is 19.4. The first kappa shape index (κ1) is 29.8. The number of allylic oxidation sites excluding steroid dienone is 1. The predicted octanol–water partition coefficient (Wildman–Crippen LogP) is 6.94. The number of anilines is 1. The Morgan fingerprint density at radius 1 is 0.976 bits per heavy atom. The van der Waals surface area contributed by atoms with Crippen molar-refractivity contribution in [2.45, 2.75) is 66.0 Å². The Morgan fingerprint density at radius 2 is 1.63 bits per heavy atom. The molecule has 222 valence electrons. The highest BCUT2D eigenvalue weighted by molar-refractivity contribution is 7.99. The third-order valence-corrected chi connectivity index (χ3v) is 9.06. The number of benzene rings is 2. The standard InChI is InChI=1S/C29H31F6N3O2S/c1-37-20-5-6-21(37)16-19(15-20)36-18-3-2-4-22(17-18)41-25-8-7-23(24(39)9-10-38-11-13-40-14-12-38)26(28(30,31)32)27(25)29(33,34)35/h2-4,7-10,17,19-21,36H,5-6,11-16H2,1H3. The molecule has 2 atom stereocenters. The van der Waals surface area contributed by atoms with Gasteiger partial charge in [-0.3, -0.25) is 4.79 Å². The Morgan fingerprint density at radius 3 is 2.27 bits per heavy atom. The fraction of sp³-hybridized carbons (Fsp3) is 0.483. The van der Waals surface area contributed by atoms with Crippen molar-refractivity contribution in [3.63, 3.8) is 0 Å². The van der Waals surface area contributed by atoms with E-state index in [-0.39, 0.29) is 6.04 Å². The second kappa shape index (κ2) is 11.9. The molecule has 0 aliphatic carbocycles. The SMILES string of the molecule is CN1C2CCC1CC(Nc1cccc(Sc3ccc(C(=O)C=CN4CCOCC4)c(C(F)(F)F)c3C(F)(F)F)c1)C2. The van der Waals surface area contributed by atoms with Crippen LogP contribution in [0.15, 0.2) is 58.5 Å². The summed E-state index contributed by atoms with van der Waals surface area (Å²) in [4.78, 5) is 16.6. The van der Waals surface area contributed by atoms with Crippen LogP contribution in [0.5, 0.6) is 0 Å². The second-order valence-electron chi connectivity index (χ2n) is 10.7. The molecule has 3 saturated heterocycles. The number of ketones is 1. The highest BCUT2D eigenvalue weighted by Crippen LogP contribution is 2.48. The van der Waals surface area contributed by atoms with Gasteiger partial charge in [0.05, 0.1) is 24.3 Å². The summed E-state index contributed by atoms with van der Waals surface area (Å²) in [6, 6.07) is 9.67. The molecule has 12 heteroatoms. The van der Waals surface area contributed by atoms with E-state index in [2.05, 4.69) is 17.3 Å². The van der Waals surface area contributed by atoms with Crippen molar-refractivity contribution in [3.05, 3.63) is 65.4 Å². The van der Waals surface area contributed by atoms with Gasteiger partial charge < -0.3 is 19.9 Å². The van der Waals surface area contributed by atoms with Gasteiger partial charge in [0.1, 0.15) is 0 Å². The third-order valence-electron chi connectivity index (χ3n) is 8.01. The third kappa shape index (κ3) is 6.86. The number of ether oxygens (including phenoxy) is 1. The van der Waals surface area contributed by atoms with E-state index in [1.54, 1.807) is 29.2 Å². The largest absolute Gasteiger partial charge is 0.418 e. The van der Waals surface area contributed by atoms with E-state index < -0.39 is 39.7 Å². The fourth-order valence-corrected chi connectivity index (χ4v) is 7.02. The maximum Gasteiger partial charge on any atom is 0.418 e. The highest BCUT2D eigenvalue weighted by atomic mass is 32.2. The molecule has 5 rings (SSSR count). The molecule has 0 spiro atoms. The molecule has 3 heterocycles. The van der Waals surface area contributed by atoms with Crippen LogP contribution in [0.4, 0.5) is 32.0 Å². The van der Waals surface area contributed by atoms with Gasteiger partial charge in [-0.25, -0.2) is 0 Å². The summed E-state index contributed by atoms with van der Waals surface area (Å²) in [6.45, 7) is 1.61. The Kier molecular flexibility index (Phi) is 8.63. The number of hydrogen-bond donors (Lipinski definition) is 1. The first-order valence-electron chi connectivity index (χ1n) is 13.5. The summed E-state index contributed by atoms with van der Waals surface area (Å²) in [5.41, 5.74) is -4.16. The van der Waals surface area contributed by atoms with Crippen LogP contribution in [0.3, 0.4) is 0 Å². The smallest absolute Gasteiger partial charge is 0.382 e. The van der Waals surface area contributed by atoms with Crippen molar-refractivity contribution in [3.8, 4) is 0 Å². The number of nitrogens with one attached hydrogen (secondary N) is 1. The number of carbonyl (C=O) groups is 1. The lowest BCUT2D eigenvalue weighted by molar-refractivity contribution is -0.163. The molecule has 0 radical (unpaired) electrons. The molecule has 2 unspecified atom stereocenters. The monoisotopic (exact) mass is 599 g/mol. The topological polar surface area (TPSA) is 44.8 Å². The molecule has 2 aromatic carbocycles. The van der Waals surface area contributed by atoms with E-state index in [4.69, 9.17) is 4.74 Å². The number of nitrogens with zero attached hydrogens (tertiary/aromatic N) is 2. The summed E-state index contributed by atoms with van der Waals surface area (Å²) in [5.74, 6) is -1.15. The average molecular weight is 600 g/mol. The number of morpholine rings is 1. The first-order valence-corrected chi connectivity index (χ1v) is 14.3. The molecule has 41 heavy (non-hydrogen) atoms. The Balaban J connectivity index is 1.42. The van der Waals surface area contributed by atoms with Crippen molar-refractivity contribution >= 4 is 23.2 Å². The quantitative estimate of drug-likeness (QED) is 0.211. The van der Waals surface area contributed by atoms with Gasteiger partial charge in [-0.15, -0.1) is 0 Å². The van der Waals surface area contributed by atoms with E-state index in [0.29, 0.717) is 60.7 Å². The molecule has 0 saturated carbocycles. The lowest BCUT2D eigenvalue weighted by Gasteiger charge is -2.37. The Bertz CT molecular complexity index is 1280. The number of rotatable bonds is 7. The molecule has 2 aromatic rings. The van der Waals surface area contributed by atoms with Crippen molar-refractivity contribution in [1.29, 1.82) is 0 Å². The van der Waals surface area contributed by atoms with Crippen molar-refractivity contribution in [2.75, 3.05) is 38.7 Å². The van der Waals surface area contributed by atoms with Gasteiger partial charge in [0.15, 0.2) is 5.78 Å². The van der Waals surface area contributed by atoms with Crippen LogP contribution in [0, 0.1) is 0 Å². The lowest BCUT2D eigenvalue weighted by atomic mass is 9.96. The molecule has 0 amide bonds. The minimum Gasteiger partial charge on any atom is -0.382 e. The zero-order valence-corrected chi connectivity index (χ0v) is 23.2. The van der Waals surface area contributed by atoms with Gasteiger partial charge in [0.25, 0.3) is 0 Å². The van der Waals surface area contributed by atoms with Gasteiger partial charge >= 0.3 is 12.4 Å². The molecular formula is C29H31F6N3O2S. The van der Waals surface area contributed by atoms with E-state index in [1.807, 2.05) is 0 Å². The number of halogens is 6. The molecule has 0 aromatic heterocycles. The molecule has 2 bridgehead atoms. The Labute approximate surface area is 238 Å². The zero-order chi connectivity index (χ0) is 29.4. The van der Waals surface area contributed by atoms with Gasteiger partial charge in [-0.05, 0) is 63.1 Å². The zero-order valence-electron chi connectivity index (χ0n) is 22.4. The second-order valence-corrected chi connectivity index (χ2v) is 11.8. The molecule has 3 aliphatic heterocycles. The normalized spacial score (nSPS) is 23.8. The van der Waals surface area contributed by atoms with Crippen molar-refractivity contribution in [2.24, 2.45) is 0 Å². The van der Waals surface area contributed by atoms with Crippen LogP contribution in [-0.4, -0.2) is 67.1 Å². The summed E-state index contributed by atoms with van der Waals surface area (Å²) in [5, 5.41) is 3.47. The fourth-order valence-electron chi connectivity index (χ4n) is 5.98. The van der Waals surface area contributed by atoms with E-state index in [9.17, 15) is 31.1 Å². The van der Waals surface area contributed by atoms with E-state index >= 15 is 0 Å². The molecule has 5 nitrogen and oxygen atoms in total. The summed E-state index contributed by atoms with van der Waals surface area (Å²) in [7, 11) is 2.13. The number of hydrogen-bond acceptors (Lipinski definition) is 6. The predicted molar refractivity (Wildman–Crippen MR) is 144 cm³/mol. The van der Waals surface area contributed by atoms with Crippen LogP contribution >= 0.6 is 11.8 Å². The number of carbonyl (C=O) groups excluding carboxylic acids is 1. The summed E-state index contributed by atoms with van der Waals surface area (Å²) in [6.07, 6.45) is -4.39. The minimum absolute atomic E-state index is 0.210. The van der Waals surface area contributed by atoms with Gasteiger partial charge in [-0.2, -0.15) is 26.3 Å².